The van der Waals surface area contributed by atoms with Gasteiger partial charge in [-0.2, -0.15) is 0 Å². The fraction of sp³-hybridized carbons (Fsp3) is 0.727. The lowest BCUT2D eigenvalue weighted by atomic mass is 10.0. The maximum absolute atomic E-state index is 3.00. The van der Waals surface area contributed by atoms with Crippen LogP contribution >= 0.6 is 11.3 Å². The molecule has 0 aromatic carbocycles. The highest BCUT2D eigenvalue weighted by Gasteiger charge is 2.04. The van der Waals surface area contributed by atoms with E-state index < -0.39 is 0 Å². The topological polar surface area (TPSA) is 0 Å². The van der Waals surface area contributed by atoms with E-state index in [9.17, 15) is 0 Å². The highest BCUT2D eigenvalue weighted by atomic mass is 32.1. The van der Waals surface area contributed by atoms with Crippen molar-refractivity contribution in [3.8, 4) is 0 Å². The summed E-state index contributed by atoms with van der Waals surface area (Å²) < 4.78 is 0. The van der Waals surface area contributed by atoms with E-state index in [1.54, 1.807) is 10.4 Å². The van der Waals surface area contributed by atoms with E-state index in [1.165, 1.54) is 89.9 Å². The van der Waals surface area contributed by atoms with E-state index in [4.69, 9.17) is 0 Å². The van der Waals surface area contributed by atoms with Gasteiger partial charge in [-0.05, 0) is 42.7 Å². The van der Waals surface area contributed by atoms with Gasteiger partial charge in [0.05, 0.1) is 0 Å². The third kappa shape index (κ3) is 12.5. The zero-order chi connectivity index (χ0) is 17.2. The first-order valence-electron chi connectivity index (χ1n) is 9.93. The smallest absolute Gasteiger partial charge is 0.00772 e. The van der Waals surface area contributed by atoms with Gasteiger partial charge in [-0.25, -0.2) is 0 Å². The van der Waals surface area contributed by atoms with Gasteiger partial charge in [0, 0.05) is 4.88 Å². The van der Waals surface area contributed by atoms with Gasteiger partial charge in [0.25, 0.3) is 0 Å². The van der Waals surface area contributed by atoms with Gasteiger partial charge >= 0.3 is 0 Å². The molecule has 0 radical (unpaired) electrons. The van der Waals surface area contributed by atoms with Crippen molar-refractivity contribution in [3.05, 3.63) is 35.0 Å². The Labute approximate surface area is 150 Å². The van der Waals surface area contributed by atoms with Crippen LogP contribution in [-0.4, -0.2) is 0 Å². The van der Waals surface area contributed by atoms with E-state index >= 15 is 0 Å². The van der Waals surface area contributed by atoms with E-state index in [0.717, 1.165) is 0 Å². The van der Waals surface area contributed by atoms with Gasteiger partial charge in [0.15, 0.2) is 0 Å². The Balaban J connectivity index is 0.00000232. The van der Waals surface area contributed by atoms with Gasteiger partial charge < -0.3 is 0 Å². The van der Waals surface area contributed by atoms with Crippen LogP contribution in [0.2, 0.25) is 0 Å². The molecule has 134 valence electrons. The molecule has 0 N–H and O–H groups in total. The molecule has 0 aliphatic rings. The fourth-order valence-corrected chi connectivity index (χ4v) is 3.95. The van der Waals surface area contributed by atoms with Gasteiger partial charge in [0.1, 0.15) is 0 Å². The summed E-state index contributed by atoms with van der Waals surface area (Å²) in [6, 6.07) is 2.38. The Bertz CT molecular complexity index is 309. The Morgan fingerprint density at radius 1 is 0.696 bits per heavy atom. The monoisotopic (exact) mass is 336 g/mol. The zero-order valence-corrected chi connectivity index (χ0v) is 16.7. The number of hydrogen-bond donors (Lipinski definition) is 0. The Morgan fingerprint density at radius 2 is 1.17 bits per heavy atom. The fourth-order valence-electron chi connectivity index (χ4n) is 2.97. The second-order valence-electron chi connectivity index (χ2n) is 6.40. The summed E-state index contributed by atoms with van der Waals surface area (Å²) in [7, 11) is 0. The van der Waals surface area contributed by atoms with Gasteiger partial charge in [-0.1, -0.05) is 78.1 Å². The standard InChI is InChI=1S/C20H36S.C2H4/c1-3-5-7-9-11-13-15-19-17-18-21-20(19)16-14-12-10-8-6-4-2;1-2/h17-18H,3-16H2,1-2H3;1-2H2. The van der Waals surface area contributed by atoms with Crippen LogP contribution in [0.15, 0.2) is 24.6 Å². The van der Waals surface area contributed by atoms with Crippen LogP contribution in [0.3, 0.4) is 0 Å². The van der Waals surface area contributed by atoms with Crippen molar-refractivity contribution in [2.24, 2.45) is 0 Å². The number of unbranched alkanes of at least 4 members (excludes halogenated alkanes) is 10. The molecule has 1 heteroatoms. The van der Waals surface area contributed by atoms with Gasteiger partial charge in [-0.15, -0.1) is 24.5 Å². The molecule has 0 saturated heterocycles. The summed E-state index contributed by atoms with van der Waals surface area (Å²) in [5.41, 5.74) is 1.66. The minimum absolute atomic E-state index is 1.32. The predicted octanol–water partition coefficient (Wildman–Crippen LogP) is 8.36. The number of hydrogen-bond acceptors (Lipinski definition) is 1. The molecule has 1 aromatic heterocycles. The molecular weight excluding hydrogens is 296 g/mol. The second kappa shape index (κ2) is 17.8. The van der Waals surface area contributed by atoms with Crippen molar-refractivity contribution in [2.75, 3.05) is 0 Å². The van der Waals surface area contributed by atoms with Crippen LogP contribution in [0.5, 0.6) is 0 Å². The summed E-state index contributed by atoms with van der Waals surface area (Å²) >= 11 is 1.99. The molecule has 0 fully saturated rings. The average molecular weight is 337 g/mol. The Morgan fingerprint density at radius 3 is 1.74 bits per heavy atom. The van der Waals surface area contributed by atoms with Crippen molar-refractivity contribution in [3.63, 3.8) is 0 Å². The molecule has 0 unspecified atom stereocenters. The molecule has 0 saturated carbocycles. The normalized spacial score (nSPS) is 10.3. The van der Waals surface area contributed by atoms with Crippen LogP contribution < -0.4 is 0 Å². The average Bonchev–Trinajstić information content (AvgIpc) is 3.03. The SMILES string of the molecule is C=C.CCCCCCCCc1ccsc1CCCCCCCC. The van der Waals surface area contributed by atoms with Crippen molar-refractivity contribution in [1.29, 1.82) is 0 Å². The maximum atomic E-state index is 3.00. The summed E-state index contributed by atoms with van der Waals surface area (Å²) in [5, 5.41) is 2.30. The third-order valence-corrected chi connectivity index (χ3v) is 5.42. The summed E-state index contributed by atoms with van der Waals surface area (Å²) in [6.07, 6.45) is 19.6. The number of rotatable bonds is 14. The molecule has 1 aromatic rings. The first-order valence-corrected chi connectivity index (χ1v) is 10.8. The molecular formula is C22H40S. The van der Waals surface area contributed by atoms with Crippen molar-refractivity contribution < 1.29 is 0 Å². The minimum Gasteiger partial charge on any atom is -0.149 e. The second-order valence-corrected chi connectivity index (χ2v) is 7.41. The van der Waals surface area contributed by atoms with E-state index in [-0.39, 0.29) is 0 Å². The van der Waals surface area contributed by atoms with Gasteiger partial charge in [-0.3, -0.25) is 0 Å². The zero-order valence-electron chi connectivity index (χ0n) is 15.9. The maximum Gasteiger partial charge on any atom is 0.00772 e. The van der Waals surface area contributed by atoms with E-state index in [1.807, 2.05) is 11.3 Å². The first kappa shape index (κ1) is 22.4. The Kier molecular flexibility index (Phi) is 17.4. The van der Waals surface area contributed by atoms with Crippen LogP contribution in [0, 0.1) is 0 Å². The lowest BCUT2D eigenvalue weighted by Crippen LogP contribution is -1.91. The quantitative estimate of drug-likeness (QED) is 0.236. The molecule has 0 spiro atoms. The molecule has 0 nitrogen and oxygen atoms in total. The highest BCUT2D eigenvalue weighted by Crippen LogP contribution is 2.22. The lowest BCUT2D eigenvalue weighted by Gasteiger charge is -2.05. The highest BCUT2D eigenvalue weighted by molar-refractivity contribution is 7.10. The minimum atomic E-state index is 1.32. The van der Waals surface area contributed by atoms with Crippen molar-refractivity contribution in [2.45, 2.75) is 104 Å². The first-order chi connectivity index (χ1) is 11.4. The molecule has 1 heterocycles. The van der Waals surface area contributed by atoms with Crippen LogP contribution in [0.4, 0.5) is 0 Å². The summed E-state index contributed by atoms with van der Waals surface area (Å²) in [6.45, 7) is 10.6. The molecule has 0 bridgehead atoms. The molecule has 0 aliphatic heterocycles. The lowest BCUT2D eigenvalue weighted by molar-refractivity contribution is 0.601. The van der Waals surface area contributed by atoms with Crippen LogP contribution in [0.25, 0.3) is 0 Å². The Hall–Kier alpha value is -0.560. The van der Waals surface area contributed by atoms with Crippen molar-refractivity contribution >= 4 is 11.3 Å². The third-order valence-electron chi connectivity index (χ3n) is 4.39. The summed E-state index contributed by atoms with van der Waals surface area (Å²) in [5.74, 6) is 0. The van der Waals surface area contributed by atoms with Crippen LogP contribution in [-0.2, 0) is 12.8 Å². The number of aryl methyl sites for hydroxylation is 2. The van der Waals surface area contributed by atoms with Crippen LogP contribution in [0.1, 0.15) is 101 Å². The number of thiophene rings is 1. The molecule has 23 heavy (non-hydrogen) atoms. The molecule has 1 rings (SSSR count). The van der Waals surface area contributed by atoms with E-state index in [2.05, 4.69) is 38.5 Å². The summed E-state index contributed by atoms with van der Waals surface area (Å²) in [4.78, 5) is 1.68. The predicted molar refractivity (Wildman–Crippen MR) is 110 cm³/mol. The van der Waals surface area contributed by atoms with Gasteiger partial charge in [0.2, 0.25) is 0 Å². The van der Waals surface area contributed by atoms with Crippen molar-refractivity contribution in [1.82, 2.24) is 0 Å². The molecule has 0 amide bonds. The largest absolute Gasteiger partial charge is 0.149 e. The molecule has 0 atom stereocenters. The molecule has 0 aliphatic carbocycles. The van der Waals surface area contributed by atoms with E-state index in [0.29, 0.717) is 0 Å².